The summed E-state index contributed by atoms with van der Waals surface area (Å²) in [7, 11) is 0. The van der Waals surface area contributed by atoms with Gasteiger partial charge in [0.2, 0.25) is 0 Å². The van der Waals surface area contributed by atoms with Crippen molar-refractivity contribution in [3.8, 4) is 11.5 Å². The van der Waals surface area contributed by atoms with Gasteiger partial charge in [-0.2, -0.15) is 0 Å². The molecule has 146 valence electrons. The first-order chi connectivity index (χ1) is 13.6. The minimum Gasteiger partial charge on any atom is -0.486 e. The molecule has 1 N–H and O–H groups in total. The van der Waals surface area contributed by atoms with Crippen molar-refractivity contribution in [1.82, 2.24) is 0 Å². The maximum atomic E-state index is 12.5. The second kappa shape index (κ2) is 7.92. The quantitative estimate of drug-likeness (QED) is 0.821. The number of ether oxygens (including phenoxy) is 3. The predicted molar refractivity (Wildman–Crippen MR) is 104 cm³/mol. The number of rotatable bonds is 4. The molecule has 0 unspecified atom stereocenters. The van der Waals surface area contributed by atoms with Gasteiger partial charge in [0.25, 0.3) is 5.91 Å². The zero-order valence-corrected chi connectivity index (χ0v) is 15.8. The molecule has 0 fully saturated rings. The van der Waals surface area contributed by atoms with Gasteiger partial charge in [0.05, 0.1) is 5.56 Å². The highest BCUT2D eigenvalue weighted by Crippen LogP contribution is 2.32. The largest absolute Gasteiger partial charge is 0.486 e. The maximum Gasteiger partial charge on any atom is 0.338 e. The first-order valence-corrected chi connectivity index (χ1v) is 9.63. The lowest BCUT2D eigenvalue weighted by atomic mass is 9.90. The maximum absolute atomic E-state index is 12.5. The number of anilines is 1. The highest BCUT2D eigenvalue weighted by Gasteiger charge is 2.21. The normalized spacial score (nSPS) is 15.9. The smallest absolute Gasteiger partial charge is 0.338 e. The third-order valence-electron chi connectivity index (χ3n) is 5.05. The fourth-order valence-electron chi connectivity index (χ4n) is 3.51. The van der Waals surface area contributed by atoms with Crippen LogP contribution in [0.3, 0.4) is 0 Å². The second-order valence-electron chi connectivity index (χ2n) is 7.09. The summed E-state index contributed by atoms with van der Waals surface area (Å²) in [6.45, 7) is 2.54. The van der Waals surface area contributed by atoms with Crippen LogP contribution in [0.5, 0.6) is 11.5 Å². The molecular weight excluding hydrogens is 358 g/mol. The molecule has 0 aromatic heterocycles. The molecule has 0 radical (unpaired) electrons. The van der Waals surface area contributed by atoms with Crippen LogP contribution < -0.4 is 14.8 Å². The summed E-state index contributed by atoms with van der Waals surface area (Å²) in [5, 5.41) is 2.75. The van der Waals surface area contributed by atoms with Crippen molar-refractivity contribution in [3.63, 3.8) is 0 Å². The van der Waals surface area contributed by atoms with Crippen LogP contribution in [0.1, 0.15) is 41.3 Å². The minimum absolute atomic E-state index is 0.400. The van der Waals surface area contributed by atoms with Crippen molar-refractivity contribution >= 4 is 17.6 Å². The Morgan fingerprint density at radius 2 is 1.71 bits per heavy atom. The summed E-state index contributed by atoms with van der Waals surface area (Å²) >= 11 is 0. The van der Waals surface area contributed by atoms with Gasteiger partial charge in [-0.15, -0.1) is 0 Å². The van der Waals surface area contributed by atoms with Crippen molar-refractivity contribution in [2.75, 3.05) is 18.5 Å². The number of hydrogen-bond acceptors (Lipinski definition) is 5. The Balaban J connectivity index is 1.38. The van der Waals surface area contributed by atoms with Gasteiger partial charge in [-0.05, 0) is 68.0 Å². The van der Waals surface area contributed by atoms with Gasteiger partial charge in [-0.1, -0.05) is 6.07 Å². The molecule has 28 heavy (non-hydrogen) atoms. The van der Waals surface area contributed by atoms with E-state index in [-0.39, 0.29) is 0 Å². The van der Waals surface area contributed by atoms with E-state index in [1.807, 2.05) is 12.1 Å². The van der Waals surface area contributed by atoms with Crippen LogP contribution in [0, 0.1) is 0 Å². The van der Waals surface area contributed by atoms with Crippen molar-refractivity contribution in [2.24, 2.45) is 0 Å². The van der Waals surface area contributed by atoms with E-state index in [1.54, 1.807) is 31.2 Å². The lowest BCUT2D eigenvalue weighted by molar-refractivity contribution is -0.123. The first kappa shape index (κ1) is 18.3. The highest BCUT2D eigenvalue weighted by atomic mass is 16.6. The zero-order valence-electron chi connectivity index (χ0n) is 15.8. The molecule has 4 rings (SSSR count). The number of fused-ring (bicyclic) bond motifs is 2. The van der Waals surface area contributed by atoms with Crippen LogP contribution >= 0.6 is 0 Å². The van der Waals surface area contributed by atoms with E-state index >= 15 is 0 Å². The van der Waals surface area contributed by atoms with Gasteiger partial charge >= 0.3 is 5.97 Å². The third-order valence-corrected chi connectivity index (χ3v) is 5.05. The van der Waals surface area contributed by atoms with E-state index in [2.05, 4.69) is 5.32 Å². The summed E-state index contributed by atoms with van der Waals surface area (Å²) in [4.78, 5) is 24.9. The van der Waals surface area contributed by atoms with E-state index in [4.69, 9.17) is 14.2 Å². The van der Waals surface area contributed by atoms with E-state index < -0.39 is 18.0 Å². The molecule has 2 aliphatic rings. The van der Waals surface area contributed by atoms with Crippen molar-refractivity contribution in [3.05, 3.63) is 53.1 Å². The fraction of sp³-hybridized carbons (Fsp3) is 0.364. The number of benzene rings is 2. The Morgan fingerprint density at radius 1 is 0.964 bits per heavy atom. The zero-order chi connectivity index (χ0) is 19.5. The summed E-state index contributed by atoms with van der Waals surface area (Å²) in [5.41, 5.74) is 3.55. The minimum atomic E-state index is -0.920. The van der Waals surface area contributed by atoms with E-state index in [0.717, 1.165) is 19.3 Å². The number of amides is 1. The molecule has 0 spiro atoms. The average Bonchev–Trinajstić information content (AvgIpc) is 2.73. The van der Waals surface area contributed by atoms with Crippen molar-refractivity contribution in [1.29, 1.82) is 0 Å². The van der Waals surface area contributed by atoms with Crippen molar-refractivity contribution < 1.29 is 23.8 Å². The molecule has 1 aliphatic carbocycles. The van der Waals surface area contributed by atoms with Crippen LogP contribution in [0.2, 0.25) is 0 Å². The first-order valence-electron chi connectivity index (χ1n) is 9.63. The Labute approximate surface area is 163 Å². The second-order valence-corrected chi connectivity index (χ2v) is 7.09. The molecule has 6 heteroatoms. The fourth-order valence-corrected chi connectivity index (χ4v) is 3.51. The van der Waals surface area contributed by atoms with Gasteiger partial charge in [0.1, 0.15) is 13.2 Å². The lowest BCUT2D eigenvalue weighted by Crippen LogP contribution is -2.30. The van der Waals surface area contributed by atoms with Crippen molar-refractivity contribution in [2.45, 2.75) is 38.7 Å². The van der Waals surface area contributed by atoms with Crippen LogP contribution in [0.25, 0.3) is 0 Å². The van der Waals surface area contributed by atoms with Crippen LogP contribution in [-0.4, -0.2) is 31.2 Å². The molecule has 1 atom stereocenters. The summed E-state index contributed by atoms with van der Waals surface area (Å²) < 4.78 is 16.3. The number of hydrogen-bond donors (Lipinski definition) is 1. The molecule has 2 aromatic carbocycles. The Kier molecular flexibility index (Phi) is 5.19. The standard InChI is InChI=1S/C22H23NO5/c1-14(21(24)23-18-8-9-19-20(13-18)27-11-10-26-19)28-22(25)17-7-6-15-4-2-3-5-16(15)12-17/h6-9,12-14H,2-5,10-11H2,1H3,(H,23,24)/t14-/m1/s1. The molecule has 1 aliphatic heterocycles. The van der Waals surface area contributed by atoms with E-state index in [9.17, 15) is 9.59 Å². The Morgan fingerprint density at radius 3 is 2.54 bits per heavy atom. The summed E-state index contributed by atoms with van der Waals surface area (Å²) in [6.07, 6.45) is 3.44. The topological polar surface area (TPSA) is 73.9 Å². The van der Waals surface area contributed by atoms with Gasteiger partial charge in [-0.3, -0.25) is 4.79 Å². The summed E-state index contributed by atoms with van der Waals surface area (Å²) in [6, 6.07) is 10.8. The van der Waals surface area contributed by atoms with Crippen LogP contribution in [0.4, 0.5) is 5.69 Å². The molecule has 0 saturated carbocycles. The number of carbonyl (C=O) groups is 2. The lowest BCUT2D eigenvalue weighted by Gasteiger charge is -2.20. The Bertz CT molecular complexity index is 908. The molecule has 6 nitrogen and oxygen atoms in total. The van der Waals surface area contributed by atoms with E-state index in [1.165, 1.54) is 17.5 Å². The number of carbonyl (C=O) groups excluding carboxylic acids is 2. The monoisotopic (exact) mass is 381 g/mol. The van der Waals surface area contributed by atoms with Gasteiger partial charge in [-0.25, -0.2) is 4.79 Å². The van der Waals surface area contributed by atoms with Gasteiger partial charge in [0.15, 0.2) is 17.6 Å². The van der Waals surface area contributed by atoms with Gasteiger partial charge < -0.3 is 19.5 Å². The van der Waals surface area contributed by atoms with Crippen LogP contribution in [0.15, 0.2) is 36.4 Å². The molecule has 0 saturated heterocycles. The van der Waals surface area contributed by atoms with E-state index in [0.29, 0.717) is 36.0 Å². The Hall–Kier alpha value is -3.02. The number of nitrogens with one attached hydrogen (secondary N) is 1. The molecule has 0 bridgehead atoms. The highest BCUT2D eigenvalue weighted by molar-refractivity contribution is 5.97. The van der Waals surface area contributed by atoms with Crippen LogP contribution in [-0.2, 0) is 22.4 Å². The molecular formula is C22H23NO5. The predicted octanol–water partition coefficient (Wildman–Crippen LogP) is 3.52. The number of esters is 1. The molecule has 1 amide bonds. The molecule has 1 heterocycles. The summed E-state index contributed by atoms with van der Waals surface area (Å²) in [5.74, 6) is 0.347. The molecule has 2 aromatic rings. The third kappa shape index (κ3) is 3.96. The average molecular weight is 381 g/mol. The number of aryl methyl sites for hydroxylation is 2. The SMILES string of the molecule is C[C@@H](OC(=O)c1ccc2c(c1)CCCC2)C(=O)Nc1ccc2c(c1)OCCO2. The van der Waals surface area contributed by atoms with Gasteiger partial charge in [0, 0.05) is 11.8 Å².